The summed E-state index contributed by atoms with van der Waals surface area (Å²) in [6.45, 7) is 4.15. The van der Waals surface area contributed by atoms with Crippen LogP contribution in [0.15, 0.2) is 73.1 Å². The third-order valence-electron chi connectivity index (χ3n) is 9.49. The molecule has 4 heterocycles. The molecule has 0 aliphatic carbocycles. The maximum atomic E-state index is 13.2. The van der Waals surface area contributed by atoms with E-state index in [2.05, 4.69) is 9.97 Å². The van der Waals surface area contributed by atoms with Crippen LogP contribution in [0, 0.1) is 0 Å². The third kappa shape index (κ3) is 11.1. The topological polar surface area (TPSA) is 200 Å². The minimum Gasteiger partial charge on any atom is -0.507 e. The van der Waals surface area contributed by atoms with Crippen LogP contribution in [0.5, 0.6) is 23.0 Å². The molecule has 0 radical (unpaired) electrons. The standard InChI is InChI=1S/2C21H24N2O5S/c2*1-14(25)20-18(26)5-2-6-19(20)28-12-15-13-29-11-9-23(15)21(27)16-4-3-8-22-17(16)7-10-24/h2*2-6,8,15,24,26H,7,9-13H2,1H3/t2*15-/m10/s1. The highest BCUT2D eigenvalue weighted by Gasteiger charge is 2.32. The lowest BCUT2D eigenvalue weighted by Crippen LogP contribution is -2.49. The van der Waals surface area contributed by atoms with Gasteiger partial charge in [0.05, 0.1) is 34.6 Å². The number of aromatic nitrogens is 2. The number of carbonyl (C=O) groups is 4. The molecule has 2 aliphatic heterocycles. The third-order valence-corrected chi connectivity index (χ3v) is 11.7. The van der Waals surface area contributed by atoms with Crippen LogP contribution in [-0.4, -0.2) is 138 Å². The van der Waals surface area contributed by atoms with E-state index in [0.29, 0.717) is 71.5 Å². The summed E-state index contributed by atoms with van der Waals surface area (Å²) in [6, 6.07) is 15.9. The Bertz CT molecular complexity index is 1920. The SMILES string of the molecule is CC(=O)c1c(O)cccc1OC[C@@H]1CSCCN1C(=O)c1cccnc1CCO.CC(=O)c1c(O)cccc1OC[C@H]1CSCCN1C(=O)c1cccnc1CCO. The molecule has 2 atom stereocenters. The Balaban J connectivity index is 0.000000221. The van der Waals surface area contributed by atoms with Gasteiger partial charge in [-0.15, -0.1) is 0 Å². The van der Waals surface area contributed by atoms with Crippen LogP contribution in [0.25, 0.3) is 0 Å². The van der Waals surface area contributed by atoms with Crippen molar-refractivity contribution in [1.82, 2.24) is 19.8 Å². The van der Waals surface area contributed by atoms with Crippen LogP contribution >= 0.6 is 23.5 Å². The van der Waals surface area contributed by atoms with Crippen molar-refractivity contribution in [2.24, 2.45) is 0 Å². The first-order chi connectivity index (χ1) is 28.0. The minimum atomic E-state index is -0.284. The molecule has 4 aromatic rings. The van der Waals surface area contributed by atoms with Gasteiger partial charge >= 0.3 is 0 Å². The molecule has 4 N–H and O–H groups in total. The summed E-state index contributed by atoms with van der Waals surface area (Å²) in [7, 11) is 0. The highest BCUT2D eigenvalue weighted by atomic mass is 32.2. The Hall–Kier alpha value is -5.16. The fourth-order valence-corrected chi connectivity index (χ4v) is 8.75. The Kier molecular flexibility index (Phi) is 16.3. The van der Waals surface area contributed by atoms with Crippen LogP contribution in [0.2, 0.25) is 0 Å². The van der Waals surface area contributed by atoms with Crippen LogP contribution in [0.1, 0.15) is 66.7 Å². The number of benzene rings is 2. The van der Waals surface area contributed by atoms with E-state index in [1.807, 2.05) is 0 Å². The minimum absolute atomic E-state index is 0.0784. The second kappa shape index (κ2) is 21.6. The van der Waals surface area contributed by atoms with Crippen molar-refractivity contribution in [3.05, 3.63) is 107 Å². The van der Waals surface area contributed by atoms with Gasteiger partial charge in [-0.25, -0.2) is 0 Å². The number of aliphatic hydroxyl groups excluding tert-OH is 2. The Morgan fingerprint density at radius 3 is 1.45 bits per heavy atom. The number of aromatic hydroxyl groups is 2. The molecule has 2 aromatic carbocycles. The van der Waals surface area contributed by atoms with E-state index in [-0.39, 0.29) is 84.5 Å². The van der Waals surface area contributed by atoms with Gasteiger partial charge < -0.3 is 39.7 Å². The first kappa shape index (κ1) is 44.0. The largest absolute Gasteiger partial charge is 0.507 e. The van der Waals surface area contributed by atoms with Crippen LogP contribution < -0.4 is 9.47 Å². The Labute approximate surface area is 345 Å². The number of thioether (sulfide) groups is 2. The summed E-state index contributed by atoms with van der Waals surface area (Å²) in [6.07, 6.45) is 3.85. The molecule has 0 spiro atoms. The van der Waals surface area contributed by atoms with Gasteiger partial charge in [-0.2, -0.15) is 23.5 Å². The number of amides is 2. The fraction of sp³-hybridized carbons (Fsp3) is 0.381. The van der Waals surface area contributed by atoms with E-state index in [4.69, 9.17) is 9.47 Å². The zero-order chi connectivity index (χ0) is 41.6. The predicted octanol–water partition coefficient (Wildman–Crippen LogP) is 4.32. The van der Waals surface area contributed by atoms with Gasteiger partial charge in [-0.05, 0) is 62.4 Å². The molecule has 2 aliphatic rings. The highest BCUT2D eigenvalue weighted by Crippen LogP contribution is 2.31. The number of pyridine rings is 2. The van der Waals surface area contributed by atoms with E-state index in [1.54, 1.807) is 94.2 Å². The van der Waals surface area contributed by atoms with E-state index >= 15 is 0 Å². The summed E-state index contributed by atoms with van der Waals surface area (Å²) in [5.41, 5.74) is 2.41. The maximum absolute atomic E-state index is 13.2. The molecule has 308 valence electrons. The molecule has 2 aromatic heterocycles. The zero-order valence-corrected chi connectivity index (χ0v) is 34.0. The van der Waals surface area contributed by atoms with Crippen LogP contribution in [0.3, 0.4) is 0 Å². The summed E-state index contributed by atoms with van der Waals surface area (Å²) in [5, 5.41) is 38.5. The van der Waals surface area contributed by atoms with Crippen molar-refractivity contribution in [3.63, 3.8) is 0 Å². The Morgan fingerprint density at radius 1 is 0.655 bits per heavy atom. The van der Waals surface area contributed by atoms with Crippen molar-refractivity contribution in [2.75, 3.05) is 62.5 Å². The molecule has 58 heavy (non-hydrogen) atoms. The van der Waals surface area contributed by atoms with Crippen molar-refractivity contribution in [3.8, 4) is 23.0 Å². The lowest BCUT2D eigenvalue weighted by Gasteiger charge is -2.35. The van der Waals surface area contributed by atoms with Gasteiger partial charge in [0, 0.05) is 74.6 Å². The quantitative estimate of drug-likeness (QED) is 0.131. The zero-order valence-electron chi connectivity index (χ0n) is 32.4. The van der Waals surface area contributed by atoms with Gasteiger partial charge in [0.25, 0.3) is 11.8 Å². The van der Waals surface area contributed by atoms with Crippen molar-refractivity contribution in [1.29, 1.82) is 0 Å². The van der Waals surface area contributed by atoms with E-state index in [9.17, 15) is 39.6 Å². The van der Waals surface area contributed by atoms with E-state index in [1.165, 1.54) is 26.0 Å². The van der Waals surface area contributed by atoms with Gasteiger partial charge in [-0.1, -0.05) is 12.1 Å². The Morgan fingerprint density at radius 2 is 1.07 bits per heavy atom. The summed E-state index contributed by atoms with van der Waals surface area (Å²) in [4.78, 5) is 62.1. The molecule has 2 fully saturated rings. The maximum Gasteiger partial charge on any atom is 0.256 e. The molecule has 2 amide bonds. The molecule has 14 nitrogen and oxygen atoms in total. The van der Waals surface area contributed by atoms with Gasteiger partial charge in [-0.3, -0.25) is 29.1 Å². The number of Topliss-reactive ketones (excluding diaryl/α,β-unsaturated/α-hetero) is 2. The number of hydrogen-bond acceptors (Lipinski definition) is 14. The number of aliphatic hydroxyl groups is 2. The molecule has 16 heteroatoms. The van der Waals surface area contributed by atoms with Gasteiger partial charge in [0.15, 0.2) is 11.6 Å². The average molecular weight is 833 g/mol. The smallest absolute Gasteiger partial charge is 0.256 e. The fourth-order valence-electron chi connectivity index (χ4n) is 6.66. The van der Waals surface area contributed by atoms with Crippen molar-refractivity contribution < 1.29 is 49.1 Å². The predicted molar refractivity (Wildman–Crippen MR) is 222 cm³/mol. The van der Waals surface area contributed by atoms with E-state index in [0.717, 1.165) is 11.5 Å². The molecule has 2 saturated heterocycles. The van der Waals surface area contributed by atoms with Gasteiger partial charge in [0.2, 0.25) is 0 Å². The molecule has 0 saturated carbocycles. The van der Waals surface area contributed by atoms with Gasteiger partial charge in [0.1, 0.15) is 47.3 Å². The first-order valence-electron chi connectivity index (χ1n) is 18.8. The number of hydrogen-bond donors (Lipinski definition) is 4. The molecule has 6 rings (SSSR count). The number of phenolic OH excluding ortho intramolecular Hbond substituents is 2. The van der Waals surface area contributed by atoms with Crippen LogP contribution in [0.4, 0.5) is 0 Å². The van der Waals surface area contributed by atoms with Crippen LogP contribution in [-0.2, 0) is 12.8 Å². The number of ether oxygens (including phenoxy) is 2. The van der Waals surface area contributed by atoms with Crippen molar-refractivity contribution >= 4 is 46.9 Å². The average Bonchev–Trinajstić information content (AvgIpc) is 3.22. The summed E-state index contributed by atoms with van der Waals surface area (Å²) in [5.74, 6) is 2.58. The molecular weight excluding hydrogens is 785 g/mol. The number of nitrogens with zero attached hydrogens (tertiary/aromatic N) is 4. The number of carbonyl (C=O) groups excluding carboxylic acids is 4. The highest BCUT2D eigenvalue weighted by molar-refractivity contribution is 7.99. The lowest BCUT2D eigenvalue weighted by molar-refractivity contribution is 0.0638. The monoisotopic (exact) mass is 832 g/mol. The molecule has 0 unspecified atom stereocenters. The molecule has 0 bridgehead atoms. The summed E-state index contributed by atoms with van der Waals surface area (Å²) < 4.78 is 11.7. The van der Waals surface area contributed by atoms with E-state index < -0.39 is 0 Å². The molecular formula is C42H48N4O10S2. The number of ketones is 2. The van der Waals surface area contributed by atoms with Crippen molar-refractivity contribution in [2.45, 2.75) is 38.8 Å². The lowest BCUT2D eigenvalue weighted by atomic mass is 10.1. The normalized spacial score (nSPS) is 16.5. The number of rotatable bonds is 14. The second-order valence-corrected chi connectivity index (χ2v) is 15.7. The number of phenols is 2. The first-order valence-corrected chi connectivity index (χ1v) is 21.1. The second-order valence-electron chi connectivity index (χ2n) is 13.4. The summed E-state index contributed by atoms with van der Waals surface area (Å²) >= 11 is 3.47.